The van der Waals surface area contributed by atoms with E-state index in [1.54, 1.807) is 0 Å². The van der Waals surface area contributed by atoms with Gasteiger partial charge in [0.15, 0.2) is 5.69 Å². The van der Waals surface area contributed by atoms with E-state index in [9.17, 15) is 43.5 Å². The Morgan fingerprint density at radius 3 is 1.96 bits per heavy atom. The van der Waals surface area contributed by atoms with Crippen LogP contribution >= 0.6 is 23.2 Å². The first-order chi connectivity index (χ1) is 12.8. The summed E-state index contributed by atoms with van der Waals surface area (Å²) in [5.41, 5.74) is -6.16. The van der Waals surface area contributed by atoms with Crippen molar-refractivity contribution in [2.24, 2.45) is 0 Å². The van der Waals surface area contributed by atoms with Crippen LogP contribution in [0.15, 0.2) is 24.3 Å². The molecule has 2 rings (SSSR count). The first-order valence-electron chi connectivity index (χ1n) is 6.78. The third-order valence-electron chi connectivity index (χ3n) is 3.33. The lowest BCUT2D eigenvalue weighted by Crippen LogP contribution is -2.11. The van der Waals surface area contributed by atoms with Gasteiger partial charge in [-0.05, 0) is 6.07 Å². The number of nitro groups is 3. The van der Waals surface area contributed by atoms with Crippen molar-refractivity contribution < 1.29 is 27.9 Å². The number of hydrogen-bond acceptors (Lipinski definition) is 7. The van der Waals surface area contributed by atoms with E-state index in [-0.39, 0.29) is 16.8 Å². The van der Waals surface area contributed by atoms with Crippen LogP contribution in [0.1, 0.15) is 5.56 Å². The van der Waals surface area contributed by atoms with Crippen LogP contribution in [0.5, 0.6) is 0 Å². The number of halogens is 5. The van der Waals surface area contributed by atoms with Crippen molar-refractivity contribution in [1.82, 2.24) is 0 Å². The zero-order chi connectivity index (χ0) is 21.4. The molecule has 0 radical (unpaired) electrons. The topological polar surface area (TPSA) is 141 Å². The number of nitrogens with one attached hydrogen (secondary N) is 1. The van der Waals surface area contributed by atoms with Gasteiger partial charge < -0.3 is 5.32 Å². The number of non-ortho nitro benzene ring substituents is 1. The van der Waals surface area contributed by atoms with Crippen LogP contribution in [0.2, 0.25) is 10.0 Å². The molecule has 1 N–H and O–H groups in total. The van der Waals surface area contributed by atoms with Gasteiger partial charge in [-0.15, -0.1) is 0 Å². The van der Waals surface area contributed by atoms with E-state index in [0.717, 1.165) is 18.2 Å². The van der Waals surface area contributed by atoms with Gasteiger partial charge in [0, 0.05) is 18.2 Å². The normalized spacial score (nSPS) is 11.2. The van der Waals surface area contributed by atoms with Crippen molar-refractivity contribution >= 4 is 51.6 Å². The Bertz CT molecular complexity index is 1010. The van der Waals surface area contributed by atoms with Crippen LogP contribution in [0.4, 0.5) is 41.6 Å². The summed E-state index contributed by atoms with van der Waals surface area (Å²) in [5.74, 6) is 0. The molecule has 28 heavy (non-hydrogen) atoms. The lowest BCUT2D eigenvalue weighted by atomic mass is 10.1. The fraction of sp³-hybridized carbons (Fsp3) is 0.0769. The minimum absolute atomic E-state index is 0.0387. The van der Waals surface area contributed by atoms with Gasteiger partial charge in [0.25, 0.3) is 5.69 Å². The van der Waals surface area contributed by atoms with Crippen LogP contribution in [-0.4, -0.2) is 14.8 Å². The molecule has 0 spiro atoms. The summed E-state index contributed by atoms with van der Waals surface area (Å²) >= 11 is 11.3. The molecule has 0 aromatic heterocycles. The minimum atomic E-state index is -5.20. The van der Waals surface area contributed by atoms with E-state index in [1.165, 1.54) is 0 Å². The van der Waals surface area contributed by atoms with Gasteiger partial charge in [-0.1, -0.05) is 23.2 Å². The van der Waals surface area contributed by atoms with Gasteiger partial charge in [-0.2, -0.15) is 13.2 Å². The summed E-state index contributed by atoms with van der Waals surface area (Å²) in [7, 11) is 0. The van der Waals surface area contributed by atoms with Crippen LogP contribution in [-0.2, 0) is 6.18 Å². The fourth-order valence-electron chi connectivity index (χ4n) is 2.13. The molecule has 0 fully saturated rings. The number of anilines is 2. The molecular weight excluding hydrogens is 436 g/mol. The molecule has 0 bridgehead atoms. The maximum atomic E-state index is 13.0. The van der Waals surface area contributed by atoms with Crippen molar-refractivity contribution in [2.75, 3.05) is 5.32 Å². The summed E-state index contributed by atoms with van der Waals surface area (Å²) in [4.78, 5) is 29.8. The zero-order valence-electron chi connectivity index (χ0n) is 13.0. The summed E-state index contributed by atoms with van der Waals surface area (Å²) in [5, 5.41) is 33.6. The van der Waals surface area contributed by atoms with Gasteiger partial charge in [0.05, 0.1) is 31.0 Å². The van der Waals surface area contributed by atoms with E-state index in [4.69, 9.17) is 23.2 Å². The van der Waals surface area contributed by atoms with E-state index in [1.807, 2.05) is 0 Å². The van der Waals surface area contributed by atoms with Crippen molar-refractivity contribution in [2.45, 2.75) is 6.18 Å². The fourth-order valence-corrected chi connectivity index (χ4v) is 2.68. The highest BCUT2D eigenvalue weighted by atomic mass is 35.5. The summed E-state index contributed by atoms with van der Waals surface area (Å²) < 4.78 is 39.1. The maximum Gasteiger partial charge on any atom is 0.418 e. The molecule has 0 aliphatic heterocycles. The van der Waals surface area contributed by atoms with E-state index in [2.05, 4.69) is 5.32 Å². The number of hydrogen-bond donors (Lipinski definition) is 1. The summed E-state index contributed by atoms with van der Waals surface area (Å²) in [6, 6.07) is 2.78. The molecule has 2 aromatic carbocycles. The van der Waals surface area contributed by atoms with Crippen LogP contribution in [0.3, 0.4) is 0 Å². The Labute approximate surface area is 161 Å². The molecule has 0 aliphatic carbocycles. The molecular formula is C13H5Cl2F3N4O6. The Hall–Kier alpha value is -3.19. The van der Waals surface area contributed by atoms with Crippen molar-refractivity contribution in [1.29, 1.82) is 0 Å². The average molecular weight is 441 g/mol. The summed E-state index contributed by atoms with van der Waals surface area (Å²) in [6.07, 6.45) is -5.20. The monoisotopic (exact) mass is 440 g/mol. The van der Waals surface area contributed by atoms with Gasteiger partial charge in [-0.3, -0.25) is 30.3 Å². The number of rotatable bonds is 5. The molecule has 0 amide bonds. The minimum Gasteiger partial charge on any atom is -0.343 e. The predicted molar refractivity (Wildman–Crippen MR) is 91.2 cm³/mol. The third-order valence-corrected chi connectivity index (χ3v) is 4.02. The molecule has 0 saturated carbocycles. The Kier molecular flexibility index (Phi) is 5.61. The molecule has 0 unspecified atom stereocenters. The summed E-state index contributed by atoms with van der Waals surface area (Å²) in [6.45, 7) is 0. The molecule has 0 atom stereocenters. The third kappa shape index (κ3) is 4.04. The molecule has 0 aliphatic rings. The molecule has 148 valence electrons. The number of alkyl halides is 3. The highest BCUT2D eigenvalue weighted by Crippen LogP contribution is 2.48. The second-order valence-corrected chi connectivity index (χ2v) is 5.82. The van der Waals surface area contributed by atoms with Crippen molar-refractivity contribution in [3.8, 4) is 0 Å². The molecule has 2 aromatic rings. The van der Waals surface area contributed by atoms with Crippen LogP contribution < -0.4 is 5.32 Å². The van der Waals surface area contributed by atoms with Gasteiger partial charge in [-0.25, -0.2) is 0 Å². The van der Waals surface area contributed by atoms with Gasteiger partial charge in [0.1, 0.15) is 5.02 Å². The van der Waals surface area contributed by atoms with Crippen LogP contribution in [0.25, 0.3) is 0 Å². The lowest BCUT2D eigenvalue weighted by molar-refractivity contribution is -0.392. The second-order valence-electron chi connectivity index (χ2n) is 5.04. The Morgan fingerprint density at radius 2 is 1.54 bits per heavy atom. The number of nitro benzene ring substituents is 3. The SMILES string of the molecule is O=[N+]([O-])c1ccc(Nc2c([N+](=O)[O-])cc(C(F)(F)F)c(Cl)c2[N+](=O)[O-])c(Cl)c1. The highest BCUT2D eigenvalue weighted by Gasteiger charge is 2.42. The lowest BCUT2D eigenvalue weighted by Gasteiger charge is -2.14. The average Bonchev–Trinajstić information content (AvgIpc) is 2.54. The first kappa shape index (κ1) is 21.1. The van der Waals surface area contributed by atoms with Gasteiger partial charge in [0.2, 0.25) is 0 Å². The number of benzene rings is 2. The van der Waals surface area contributed by atoms with E-state index in [0.29, 0.717) is 0 Å². The van der Waals surface area contributed by atoms with Gasteiger partial charge >= 0.3 is 17.6 Å². The Balaban J connectivity index is 2.76. The van der Waals surface area contributed by atoms with Crippen molar-refractivity contribution in [3.63, 3.8) is 0 Å². The maximum absolute atomic E-state index is 13.0. The quantitative estimate of drug-likeness (QED) is 0.478. The molecule has 15 heteroatoms. The van der Waals surface area contributed by atoms with E-state index >= 15 is 0 Å². The van der Waals surface area contributed by atoms with E-state index < -0.39 is 54.3 Å². The molecule has 10 nitrogen and oxygen atoms in total. The smallest absolute Gasteiger partial charge is 0.343 e. The standard InChI is InChI=1S/C13H5Cl2F3N4O6/c14-7-3-5(20(23)24)1-2-8(7)19-11-9(21(25)26)4-6(13(16,17)18)10(15)12(11)22(27)28/h1-4,19H. The van der Waals surface area contributed by atoms with Crippen molar-refractivity contribution in [3.05, 3.63) is 70.2 Å². The predicted octanol–water partition coefficient (Wildman–Crippen LogP) is 5.48. The number of nitrogens with zero attached hydrogens (tertiary/aromatic N) is 3. The second kappa shape index (κ2) is 7.44. The Morgan fingerprint density at radius 1 is 0.929 bits per heavy atom. The zero-order valence-corrected chi connectivity index (χ0v) is 14.5. The molecule has 0 heterocycles. The molecule has 0 saturated heterocycles. The van der Waals surface area contributed by atoms with Crippen LogP contribution in [0, 0.1) is 30.3 Å². The largest absolute Gasteiger partial charge is 0.418 e. The first-order valence-corrected chi connectivity index (χ1v) is 7.53. The highest BCUT2D eigenvalue weighted by molar-refractivity contribution is 6.35.